The van der Waals surface area contributed by atoms with Crippen molar-refractivity contribution in [3.8, 4) is 0 Å². The third-order valence-electron chi connectivity index (χ3n) is 5.64. The molecule has 0 saturated heterocycles. The van der Waals surface area contributed by atoms with Crippen molar-refractivity contribution in [3.63, 3.8) is 0 Å². The van der Waals surface area contributed by atoms with Crippen LogP contribution in [0, 0.1) is 23.7 Å². The summed E-state index contributed by atoms with van der Waals surface area (Å²) in [5.41, 5.74) is 0. The number of allylic oxidation sites excluding steroid dienone is 4. The Kier molecular flexibility index (Phi) is 6.20. The Hall–Kier alpha value is -0.520. The highest BCUT2D eigenvalue weighted by Crippen LogP contribution is 2.42. The molecule has 0 amide bonds. The summed E-state index contributed by atoms with van der Waals surface area (Å²) < 4.78 is 0. The summed E-state index contributed by atoms with van der Waals surface area (Å²) in [6, 6.07) is 0. The molecule has 19 heavy (non-hydrogen) atoms. The zero-order valence-corrected chi connectivity index (χ0v) is 13.0. The smallest absolute Gasteiger partial charge is 0.0230 e. The molecule has 0 heterocycles. The van der Waals surface area contributed by atoms with Gasteiger partial charge in [0.05, 0.1) is 0 Å². The highest BCUT2D eigenvalue weighted by molar-refractivity contribution is 5.04. The van der Waals surface area contributed by atoms with Crippen LogP contribution in [-0.4, -0.2) is 0 Å². The Labute approximate surface area is 120 Å². The van der Waals surface area contributed by atoms with Crippen LogP contribution in [0.3, 0.4) is 0 Å². The first-order chi connectivity index (χ1) is 9.33. The van der Waals surface area contributed by atoms with Crippen LogP contribution in [0.1, 0.15) is 71.6 Å². The highest BCUT2D eigenvalue weighted by Gasteiger charge is 2.29. The van der Waals surface area contributed by atoms with Gasteiger partial charge in [-0.2, -0.15) is 0 Å². The molecule has 2 rings (SSSR count). The van der Waals surface area contributed by atoms with Gasteiger partial charge in [-0.3, -0.25) is 0 Å². The molecule has 0 aromatic rings. The summed E-state index contributed by atoms with van der Waals surface area (Å²) in [5.74, 6) is 4.04. The molecule has 108 valence electrons. The Bertz CT molecular complexity index is 283. The summed E-state index contributed by atoms with van der Waals surface area (Å²) in [6.07, 6.45) is 22.3. The van der Waals surface area contributed by atoms with Crippen LogP contribution in [0.4, 0.5) is 0 Å². The lowest BCUT2D eigenvalue weighted by Gasteiger charge is -2.37. The van der Waals surface area contributed by atoms with Gasteiger partial charge in [-0.1, -0.05) is 50.5 Å². The van der Waals surface area contributed by atoms with Crippen molar-refractivity contribution in [1.29, 1.82) is 0 Å². The minimum atomic E-state index is 0.861. The molecule has 2 aliphatic rings. The summed E-state index contributed by atoms with van der Waals surface area (Å²) in [5, 5.41) is 0. The number of hydrogen-bond donors (Lipinski definition) is 0. The molecule has 2 fully saturated rings. The van der Waals surface area contributed by atoms with Crippen molar-refractivity contribution in [2.24, 2.45) is 23.7 Å². The van der Waals surface area contributed by atoms with E-state index >= 15 is 0 Å². The van der Waals surface area contributed by atoms with Gasteiger partial charge >= 0.3 is 0 Å². The first kappa shape index (κ1) is 14.9. The summed E-state index contributed by atoms with van der Waals surface area (Å²) in [6.45, 7) is 4.46. The van der Waals surface area contributed by atoms with Gasteiger partial charge in [-0.15, -0.1) is 0 Å². The van der Waals surface area contributed by atoms with E-state index in [1.807, 2.05) is 0 Å². The van der Waals surface area contributed by atoms with Gasteiger partial charge in [0.25, 0.3) is 0 Å². The zero-order chi connectivity index (χ0) is 13.5. The molecular weight excluding hydrogens is 228 g/mol. The van der Waals surface area contributed by atoms with E-state index in [2.05, 4.69) is 38.2 Å². The molecular formula is C19H32. The average molecular weight is 260 g/mol. The Balaban J connectivity index is 1.71. The topological polar surface area (TPSA) is 0 Å². The lowest BCUT2D eigenvalue weighted by Crippen LogP contribution is -2.25. The van der Waals surface area contributed by atoms with Gasteiger partial charge in [-0.05, 0) is 69.1 Å². The second kappa shape index (κ2) is 7.92. The molecule has 0 heteroatoms. The Morgan fingerprint density at radius 3 is 1.89 bits per heavy atom. The maximum atomic E-state index is 2.43. The fraction of sp³-hybridized carbons (Fsp3) is 0.789. The summed E-state index contributed by atoms with van der Waals surface area (Å²) >= 11 is 0. The molecule has 0 unspecified atom stereocenters. The second-order valence-electron chi connectivity index (χ2n) is 6.77. The van der Waals surface area contributed by atoms with Crippen molar-refractivity contribution >= 4 is 0 Å². The van der Waals surface area contributed by atoms with E-state index < -0.39 is 0 Å². The molecule has 0 bridgehead atoms. The van der Waals surface area contributed by atoms with E-state index in [0.717, 1.165) is 23.7 Å². The van der Waals surface area contributed by atoms with Crippen molar-refractivity contribution in [2.75, 3.05) is 0 Å². The van der Waals surface area contributed by atoms with E-state index in [0.29, 0.717) is 0 Å². The molecule has 0 radical (unpaired) electrons. The van der Waals surface area contributed by atoms with Crippen LogP contribution in [0.5, 0.6) is 0 Å². The molecule has 0 atom stereocenters. The maximum Gasteiger partial charge on any atom is -0.0230 e. The van der Waals surface area contributed by atoms with Gasteiger partial charge < -0.3 is 0 Å². The highest BCUT2D eigenvalue weighted by atomic mass is 14.3. The first-order valence-corrected chi connectivity index (χ1v) is 8.63. The Morgan fingerprint density at radius 1 is 0.789 bits per heavy atom. The Morgan fingerprint density at radius 2 is 1.37 bits per heavy atom. The minimum absolute atomic E-state index is 0.861. The van der Waals surface area contributed by atoms with E-state index in [1.165, 1.54) is 57.8 Å². The zero-order valence-electron chi connectivity index (χ0n) is 13.0. The standard InChI is InChI=1S/C19H32/c1-3-5-6-7-17-10-14-19(15-11-17)18-12-8-16(4-2)9-13-18/h3,5-7,16-19H,4,8-15H2,1-2H3/b5-3+,7-6+. The minimum Gasteiger partial charge on any atom is -0.0877 e. The molecule has 0 aliphatic heterocycles. The van der Waals surface area contributed by atoms with Gasteiger partial charge in [0, 0.05) is 0 Å². The van der Waals surface area contributed by atoms with Gasteiger partial charge in [0.1, 0.15) is 0 Å². The van der Waals surface area contributed by atoms with Crippen LogP contribution >= 0.6 is 0 Å². The number of rotatable bonds is 4. The van der Waals surface area contributed by atoms with Crippen LogP contribution in [0.25, 0.3) is 0 Å². The summed E-state index contributed by atoms with van der Waals surface area (Å²) in [7, 11) is 0. The van der Waals surface area contributed by atoms with Crippen LogP contribution in [0.15, 0.2) is 24.3 Å². The average Bonchev–Trinajstić information content (AvgIpc) is 2.48. The molecule has 0 N–H and O–H groups in total. The van der Waals surface area contributed by atoms with Crippen molar-refractivity contribution in [3.05, 3.63) is 24.3 Å². The SMILES string of the molecule is C/C=C/C=C/C1CCC(C2CCC(CC)CC2)CC1. The molecule has 0 spiro atoms. The molecule has 0 aromatic carbocycles. The van der Waals surface area contributed by atoms with Crippen molar-refractivity contribution in [2.45, 2.75) is 71.6 Å². The number of hydrogen-bond acceptors (Lipinski definition) is 0. The quantitative estimate of drug-likeness (QED) is 0.532. The molecule has 0 aromatic heterocycles. The van der Waals surface area contributed by atoms with E-state index in [4.69, 9.17) is 0 Å². The van der Waals surface area contributed by atoms with Crippen LogP contribution in [-0.2, 0) is 0 Å². The monoisotopic (exact) mass is 260 g/mol. The third kappa shape index (κ3) is 4.51. The van der Waals surface area contributed by atoms with Gasteiger partial charge in [0.2, 0.25) is 0 Å². The van der Waals surface area contributed by atoms with Gasteiger partial charge in [0.15, 0.2) is 0 Å². The lowest BCUT2D eigenvalue weighted by molar-refractivity contribution is 0.154. The van der Waals surface area contributed by atoms with Crippen molar-refractivity contribution < 1.29 is 0 Å². The van der Waals surface area contributed by atoms with E-state index in [9.17, 15) is 0 Å². The van der Waals surface area contributed by atoms with Gasteiger partial charge in [-0.25, -0.2) is 0 Å². The predicted molar refractivity (Wildman–Crippen MR) is 85.1 cm³/mol. The van der Waals surface area contributed by atoms with Crippen molar-refractivity contribution in [1.82, 2.24) is 0 Å². The fourth-order valence-electron chi connectivity index (χ4n) is 4.21. The third-order valence-corrected chi connectivity index (χ3v) is 5.64. The van der Waals surface area contributed by atoms with E-state index in [1.54, 1.807) is 0 Å². The van der Waals surface area contributed by atoms with Crippen LogP contribution < -0.4 is 0 Å². The summed E-state index contributed by atoms with van der Waals surface area (Å²) in [4.78, 5) is 0. The molecule has 0 nitrogen and oxygen atoms in total. The molecule has 2 aliphatic carbocycles. The maximum absolute atomic E-state index is 2.43. The predicted octanol–water partition coefficient (Wildman–Crippen LogP) is 6.14. The first-order valence-electron chi connectivity index (χ1n) is 8.63. The van der Waals surface area contributed by atoms with Crippen LogP contribution in [0.2, 0.25) is 0 Å². The lowest BCUT2D eigenvalue weighted by atomic mass is 9.69. The fourth-order valence-corrected chi connectivity index (χ4v) is 4.21. The normalized spacial score (nSPS) is 37.2. The largest absolute Gasteiger partial charge is 0.0877 e. The molecule has 2 saturated carbocycles. The van der Waals surface area contributed by atoms with E-state index in [-0.39, 0.29) is 0 Å². The second-order valence-corrected chi connectivity index (χ2v) is 6.77.